The molecule has 238 valence electrons. The number of hydrogen-bond acceptors (Lipinski definition) is 4. The first-order valence-electron chi connectivity index (χ1n) is 13.5. The molecule has 3 aromatic carbocycles. The van der Waals surface area contributed by atoms with Crippen molar-refractivity contribution in [3.8, 4) is 0 Å². The predicted octanol–water partition coefficient (Wildman–Crippen LogP) is 7.50. The van der Waals surface area contributed by atoms with E-state index in [4.69, 9.17) is 34.8 Å². The summed E-state index contributed by atoms with van der Waals surface area (Å²) in [5.41, 5.74) is -0.495. The molecule has 7 nitrogen and oxygen atoms in total. The Balaban J connectivity index is 2.13. The number of halogens is 6. The number of hydrogen-bond donors (Lipinski definition) is 1. The fraction of sp³-hybridized carbons (Fsp3) is 0.333. The van der Waals surface area contributed by atoms with Crippen LogP contribution in [0.1, 0.15) is 43.9 Å². The van der Waals surface area contributed by atoms with Gasteiger partial charge in [-0.25, -0.2) is 8.42 Å². The standard InChI is InChI=1S/C30H31Cl3F3N3O4S/c1-5-19(3)37-29(41)20(4)38(16-21-8-12-26(32)27(33)14-21)28(40)17-39(44(42,43)23-10-6-18(2)7-11-23)22-9-13-25(31)24(15-22)30(34,35)36/h6-15,19-20H,5,16-17H2,1-4H3,(H,37,41). The van der Waals surface area contributed by atoms with Crippen molar-refractivity contribution in [2.45, 2.75) is 63.8 Å². The van der Waals surface area contributed by atoms with E-state index < -0.39 is 56.9 Å². The van der Waals surface area contributed by atoms with Crippen LogP contribution in [0.3, 0.4) is 0 Å². The van der Waals surface area contributed by atoms with Gasteiger partial charge in [0, 0.05) is 12.6 Å². The first-order valence-corrected chi connectivity index (χ1v) is 16.0. The van der Waals surface area contributed by atoms with Gasteiger partial charge in [0.15, 0.2) is 0 Å². The zero-order chi connectivity index (χ0) is 33.0. The highest BCUT2D eigenvalue weighted by Crippen LogP contribution is 2.38. The van der Waals surface area contributed by atoms with Crippen LogP contribution < -0.4 is 9.62 Å². The monoisotopic (exact) mass is 691 g/mol. The van der Waals surface area contributed by atoms with Crippen molar-refractivity contribution in [1.29, 1.82) is 0 Å². The summed E-state index contributed by atoms with van der Waals surface area (Å²) < 4.78 is 69.7. The Bertz CT molecular complexity index is 1620. The maximum Gasteiger partial charge on any atom is 0.417 e. The molecule has 14 heteroatoms. The van der Waals surface area contributed by atoms with Crippen molar-refractivity contribution in [2.75, 3.05) is 10.8 Å². The van der Waals surface area contributed by atoms with Gasteiger partial charge in [0.25, 0.3) is 10.0 Å². The Morgan fingerprint density at radius 3 is 2.09 bits per heavy atom. The maximum atomic E-state index is 14.0. The van der Waals surface area contributed by atoms with Gasteiger partial charge >= 0.3 is 6.18 Å². The van der Waals surface area contributed by atoms with E-state index in [1.54, 1.807) is 19.9 Å². The number of sulfonamides is 1. The van der Waals surface area contributed by atoms with Crippen LogP contribution in [-0.2, 0) is 32.3 Å². The topological polar surface area (TPSA) is 86.8 Å². The Labute approximate surface area is 269 Å². The van der Waals surface area contributed by atoms with E-state index >= 15 is 0 Å². The third-order valence-corrected chi connectivity index (χ3v) is 9.79. The molecule has 2 atom stereocenters. The van der Waals surface area contributed by atoms with Crippen molar-refractivity contribution in [2.24, 2.45) is 0 Å². The summed E-state index contributed by atoms with van der Waals surface area (Å²) in [6.45, 7) is 5.73. The van der Waals surface area contributed by atoms with Crippen LogP contribution in [0, 0.1) is 6.92 Å². The van der Waals surface area contributed by atoms with Crippen LogP contribution in [0.25, 0.3) is 0 Å². The highest BCUT2D eigenvalue weighted by molar-refractivity contribution is 7.92. The second-order valence-corrected chi connectivity index (χ2v) is 13.3. The summed E-state index contributed by atoms with van der Waals surface area (Å²) in [4.78, 5) is 28.0. The fourth-order valence-electron chi connectivity index (χ4n) is 4.13. The lowest BCUT2D eigenvalue weighted by Crippen LogP contribution is -2.52. The Morgan fingerprint density at radius 1 is 0.909 bits per heavy atom. The van der Waals surface area contributed by atoms with Gasteiger partial charge < -0.3 is 10.2 Å². The molecule has 0 aliphatic carbocycles. The number of aryl methyl sites for hydroxylation is 1. The molecule has 0 saturated carbocycles. The van der Waals surface area contributed by atoms with Crippen LogP contribution in [0.2, 0.25) is 15.1 Å². The maximum absolute atomic E-state index is 14.0. The highest BCUT2D eigenvalue weighted by atomic mass is 35.5. The normalized spacial score (nSPS) is 13.2. The number of carbonyl (C=O) groups excluding carboxylic acids is 2. The molecule has 0 fully saturated rings. The number of benzene rings is 3. The molecule has 1 N–H and O–H groups in total. The average molecular weight is 693 g/mol. The molecule has 3 rings (SSSR count). The average Bonchev–Trinajstić information content (AvgIpc) is 2.95. The largest absolute Gasteiger partial charge is 0.417 e. The van der Waals surface area contributed by atoms with Gasteiger partial charge in [0.05, 0.1) is 31.2 Å². The van der Waals surface area contributed by atoms with Crippen molar-refractivity contribution in [3.63, 3.8) is 0 Å². The highest BCUT2D eigenvalue weighted by Gasteiger charge is 2.37. The quantitative estimate of drug-likeness (QED) is 0.226. The molecule has 44 heavy (non-hydrogen) atoms. The molecule has 0 aliphatic heterocycles. The first-order chi connectivity index (χ1) is 20.4. The van der Waals surface area contributed by atoms with E-state index in [0.717, 1.165) is 22.6 Å². The molecule has 2 unspecified atom stereocenters. The number of nitrogens with one attached hydrogen (secondary N) is 1. The number of nitrogens with zero attached hydrogens (tertiary/aromatic N) is 2. The van der Waals surface area contributed by atoms with Crippen molar-refractivity contribution >= 4 is 62.3 Å². The van der Waals surface area contributed by atoms with Crippen LogP contribution in [0.15, 0.2) is 65.6 Å². The molecule has 0 bridgehead atoms. The molecule has 0 heterocycles. The minimum absolute atomic E-state index is 0.183. The lowest BCUT2D eigenvalue weighted by atomic mass is 10.1. The minimum Gasteiger partial charge on any atom is -0.352 e. The molecule has 3 aromatic rings. The smallest absolute Gasteiger partial charge is 0.352 e. The molecular weight excluding hydrogens is 662 g/mol. The van der Waals surface area contributed by atoms with Crippen molar-refractivity contribution in [1.82, 2.24) is 10.2 Å². The number of carbonyl (C=O) groups is 2. The van der Waals surface area contributed by atoms with Crippen molar-refractivity contribution in [3.05, 3.63) is 92.4 Å². The van der Waals surface area contributed by atoms with E-state index in [0.29, 0.717) is 22.4 Å². The molecule has 0 radical (unpaired) electrons. The van der Waals surface area contributed by atoms with Gasteiger partial charge in [-0.2, -0.15) is 13.2 Å². The Kier molecular flexibility index (Phi) is 11.6. The molecule has 0 spiro atoms. The second-order valence-electron chi connectivity index (χ2n) is 10.3. The molecule has 0 saturated heterocycles. The predicted molar refractivity (Wildman–Crippen MR) is 167 cm³/mol. The van der Waals surface area contributed by atoms with Gasteiger partial charge in [0.2, 0.25) is 11.8 Å². The fourth-order valence-corrected chi connectivity index (χ4v) is 6.09. The summed E-state index contributed by atoms with van der Waals surface area (Å²) in [6, 6.07) is 11.5. The van der Waals surface area contributed by atoms with Crippen LogP contribution in [0.5, 0.6) is 0 Å². The van der Waals surface area contributed by atoms with E-state index in [1.807, 2.05) is 6.92 Å². The van der Waals surface area contributed by atoms with Gasteiger partial charge in [0.1, 0.15) is 12.6 Å². The van der Waals surface area contributed by atoms with Crippen LogP contribution in [0.4, 0.5) is 18.9 Å². The third-order valence-electron chi connectivity index (χ3n) is 6.94. The summed E-state index contributed by atoms with van der Waals surface area (Å²) in [6.07, 6.45) is -4.29. The molecule has 0 aliphatic rings. The van der Waals surface area contributed by atoms with Crippen LogP contribution >= 0.6 is 34.8 Å². The zero-order valence-corrected chi connectivity index (χ0v) is 27.3. The van der Waals surface area contributed by atoms with Gasteiger partial charge in [-0.05, 0) is 75.2 Å². The summed E-state index contributed by atoms with van der Waals surface area (Å²) in [7, 11) is -4.59. The zero-order valence-electron chi connectivity index (χ0n) is 24.3. The van der Waals surface area contributed by atoms with Crippen LogP contribution in [-0.4, -0.2) is 43.8 Å². The summed E-state index contributed by atoms with van der Waals surface area (Å²) in [5.74, 6) is -1.37. The molecule has 2 amide bonds. The number of rotatable bonds is 11. The number of alkyl halides is 3. The third kappa shape index (κ3) is 8.59. The van der Waals surface area contributed by atoms with E-state index in [1.165, 1.54) is 43.3 Å². The summed E-state index contributed by atoms with van der Waals surface area (Å²) in [5, 5.41) is 2.61. The van der Waals surface area contributed by atoms with E-state index in [9.17, 15) is 31.2 Å². The SMILES string of the molecule is CCC(C)NC(=O)C(C)N(Cc1ccc(Cl)c(Cl)c1)C(=O)CN(c1ccc(Cl)c(C(F)(F)F)c1)S(=O)(=O)c1ccc(C)cc1. The van der Waals surface area contributed by atoms with Gasteiger partial charge in [-0.3, -0.25) is 13.9 Å². The Hall–Kier alpha value is -2.99. The summed E-state index contributed by atoms with van der Waals surface area (Å²) >= 11 is 18.0. The second kappa shape index (κ2) is 14.4. The van der Waals surface area contributed by atoms with Gasteiger partial charge in [-0.1, -0.05) is 65.5 Å². The molecule has 0 aromatic heterocycles. The Morgan fingerprint density at radius 2 is 1.52 bits per heavy atom. The first kappa shape index (κ1) is 35.5. The van der Waals surface area contributed by atoms with Gasteiger partial charge in [-0.15, -0.1) is 0 Å². The molecular formula is C30H31Cl3F3N3O4S. The number of amides is 2. The lowest BCUT2D eigenvalue weighted by Gasteiger charge is -2.32. The van der Waals surface area contributed by atoms with E-state index in [-0.39, 0.29) is 27.5 Å². The minimum atomic E-state index is -4.90. The number of anilines is 1. The van der Waals surface area contributed by atoms with E-state index in [2.05, 4.69) is 5.32 Å². The van der Waals surface area contributed by atoms with Crippen molar-refractivity contribution < 1.29 is 31.2 Å². The lowest BCUT2D eigenvalue weighted by molar-refractivity contribution is -0.139.